The van der Waals surface area contributed by atoms with Crippen LogP contribution in [0.5, 0.6) is 5.75 Å². The van der Waals surface area contributed by atoms with E-state index in [-0.39, 0.29) is 6.03 Å². The number of rotatable bonds is 4. The number of ether oxygens (including phenoxy) is 1. The van der Waals surface area contributed by atoms with Crippen molar-refractivity contribution in [2.24, 2.45) is 0 Å². The van der Waals surface area contributed by atoms with Gasteiger partial charge in [-0.2, -0.15) is 0 Å². The first-order valence-electron chi connectivity index (χ1n) is 5.03. The second-order valence-corrected chi connectivity index (χ2v) is 3.72. The minimum atomic E-state index is -0.0408. The lowest BCUT2D eigenvalue weighted by molar-refractivity contribution is 0.202. The number of hydrogen-bond acceptors (Lipinski definition) is 3. The predicted molar refractivity (Wildman–Crippen MR) is 59.7 cm³/mol. The molecule has 0 atom stereocenters. The number of pyridine rings is 1. The maximum absolute atomic E-state index is 11.2. The molecule has 1 aliphatic rings. The number of nitrogens with zero attached hydrogens (tertiary/aromatic N) is 2. The van der Waals surface area contributed by atoms with Crippen LogP contribution in [0.3, 0.4) is 0 Å². The SMILES string of the molecule is O=C1NCCN1CCOc1cccnc1Cl. The number of aromatic nitrogens is 1. The van der Waals surface area contributed by atoms with Gasteiger partial charge in [-0.3, -0.25) is 0 Å². The summed E-state index contributed by atoms with van der Waals surface area (Å²) in [4.78, 5) is 16.8. The van der Waals surface area contributed by atoms with Crippen LogP contribution < -0.4 is 10.1 Å². The maximum Gasteiger partial charge on any atom is 0.317 e. The highest BCUT2D eigenvalue weighted by atomic mass is 35.5. The Bertz CT molecular complexity index is 386. The summed E-state index contributed by atoms with van der Waals surface area (Å²) in [6, 6.07) is 3.46. The smallest absolute Gasteiger partial charge is 0.317 e. The number of halogens is 1. The second kappa shape index (κ2) is 5.03. The van der Waals surface area contributed by atoms with Gasteiger partial charge in [-0.25, -0.2) is 9.78 Å². The van der Waals surface area contributed by atoms with Crippen molar-refractivity contribution in [2.45, 2.75) is 0 Å². The lowest BCUT2D eigenvalue weighted by Gasteiger charge is -2.14. The van der Waals surface area contributed by atoms with Crippen molar-refractivity contribution < 1.29 is 9.53 Å². The molecular weight excluding hydrogens is 230 g/mol. The number of amides is 2. The van der Waals surface area contributed by atoms with E-state index in [4.69, 9.17) is 16.3 Å². The van der Waals surface area contributed by atoms with Gasteiger partial charge < -0.3 is 15.0 Å². The van der Waals surface area contributed by atoms with Gasteiger partial charge in [0.2, 0.25) is 0 Å². The van der Waals surface area contributed by atoms with Gasteiger partial charge in [-0.15, -0.1) is 0 Å². The Balaban J connectivity index is 1.80. The van der Waals surface area contributed by atoms with E-state index in [9.17, 15) is 4.79 Å². The minimum absolute atomic E-state index is 0.0408. The number of urea groups is 1. The van der Waals surface area contributed by atoms with E-state index in [2.05, 4.69) is 10.3 Å². The highest BCUT2D eigenvalue weighted by Crippen LogP contribution is 2.20. The first kappa shape index (κ1) is 11.0. The molecule has 1 aromatic rings. The van der Waals surface area contributed by atoms with E-state index < -0.39 is 0 Å². The van der Waals surface area contributed by atoms with Gasteiger partial charge in [0.25, 0.3) is 0 Å². The molecule has 0 bridgehead atoms. The zero-order chi connectivity index (χ0) is 11.4. The Morgan fingerprint density at radius 1 is 1.62 bits per heavy atom. The third kappa shape index (κ3) is 2.55. The number of carbonyl (C=O) groups is 1. The first-order valence-corrected chi connectivity index (χ1v) is 5.41. The van der Waals surface area contributed by atoms with Crippen LogP contribution in [0.2, 0.25) is 5.15 Å². The van der Waals surface area contributed by atoms with Crippen LogP contribution in [-0.2, 0) is 0 Å². The van der Waals surface area contributed by atoms with Crippen LogP contribution >= 0.6 is 11.6 Å². The summed E-state index contributed by atoms with van der Waals surface area (Å²) < 4.78 is 5.43. The fraction of sp³-hybridized carbons (Fsp3) is 0.400. The zero-order valence-corrected chi connectivity index (χ0v) is 9.41. The summed E-state index contributed by atoms with van der Waals surface area (Å²) in [7, 11) is 0. The van der Waals surface area contributed by atoms with E-state index in [1.54, 1.807) is 23.2 Å². The van der Waals surface area contributed by atoms with Crippen LogP contribution in [0.1, 0.15) is 0 Å². The third-order valence-electron chi connectivity index (χ3n) is 2.29. The van der Waals surface area contributed by atoms with E-state index in [1.165, 1.54) is 0 Å². The molecular formula is C10H12ClN3O2. The monoisotopic (exact) mass is 241 g/mol. The molecule has 0 aliphatic carbocycles. The Hall–Kier alpha value is -1.49. The zero-order valence-electron chi connectivity index (χ0n) is 8.65. The van der Waals surface area contributed by atoms with Crippen LogP contribution in [0.4, 0.5) is 4.79 Å². The number of carbonyl (C=O) groups excluding carboxylic acids is 1. The average Bonchev–Trinajstić information content (AvgIpc) is 2.67. The molecule has 0 aromatic carbocycles. The quantitative estimate of drug-likeness (QED) is 0.805. The van der Waals surface area contributed by atoms with E-state index in [0.717, 1.165) is 6.54 Å². The summed E-state index contributed by atoms with van der Waals surface area (Å²) in [5.74, 6) is 0.545. The summed E-state index contributed by atoms with van der Waals surface area (Å²) in [6.07, 6.45) is 1.60. The summed E-state index contributed by atoms with van der Waals surface area (Å²) in [5, 5.41) is 3.06. The molecule has 2 amide bonds. The lowest BCUT2D eigenvalue weighted by Crippen LogP contribution is -2.31. The second-order valence-electron chi connectivity index (χ2n) is 3.36. The number of hydrogen-bond donors (Lipinski definition) is 1. The molecule has 0 unspecified atom stereocenters. The minimum Gasteiger partial charge on any atom is -0.489 e. The summed E-state index contributed by atoms with van der Waals surface area (Å²) in [6.45, 7) is 2.39. The van der Waals surface area contributed by atoms with Crippen LogP contribution in [0.25, 0.3) is 0 Å². The lowest BCUT2D eigenvalue weighted by atomic mass is 10.4. The molecule has 5 nitrogen and oxygen atoms in total. The molecule has 1 aromatic heterocycles. The highest BCUT2D eigenvalue weighted by Gasteiger charge is 2.18. The van der Waals surface area contributed by atoms with Crippen molar-refractivity contribution in [1.29, 1.82) is 0 Å². The van der Waals surface area contributed by atoms with Crippen molar-refractivity contribution in [3.05, 3.63) is 23.5 Å². The Morgan fingerprint density at radius 2 is 2.50 bits per heavy atom. The van der Waals surface area contributed by atoms with Crippen LogP contribution in [0.15, 0.2) is 18.3 Å². The first-order chi connectivity index (χ1) is 7.77. The molecule has 2 rings (SSSR count). The van der Waals surface area contributed by atoms with Crippen LogP contribution in [-0.4, -0.2) is 42.2 Å². The Kier molecular flexibility index (Phi) is 3.46. The highest BCUT2D eigenvalue weighted by molar-refractivity contribution is 6.30. The normalized spacial score (nSPS) is 15.1. The van der Waals surface area contributed by atoms with Gasteiger partial charge in [0.1, 0.15) is 6.61 Å². The molecule has 1 aliphatic heterocycles. The topological polar surface area (TPSA) is 54.5 Å². The fourth-order valence-electron chi connectivity index (χ4n) is 1.47. The van der Waals surface area contributed by atoms with E-state index >= 15 is 0 Å². The largest absolute Gasteiger partial charge is 0.489 e. The van der Waals surface area contributed by atoms with Gasteiger partial charge in [0.15, 0.2) is 10.9 Å². The van der Waals surface area contributed by atoms with Crippen molar-refractivity contribution in [3.63, 3.8) is 0 Å². The molecule has 0 saturated carbocycles. The molecule has 16 heavy (non-hydrogen) atoms. The summed E-state index contributed by atoms with van der Waals surface area (Å²) >= 11 is 5.82. The van der Waals surface area contributed by atoms with E-state index in [1.807, 2.05) is 0 Å². The van der Waals surface area contributed by atoms with Gasteiger partial charge in [0, 0.05) is 19.3 Å². The van der Waals surface area contributed by atoms with Gasteiger partial charge in [-0.05, 0) is 12.1 Å². The number of nitrogens with one attached hydrogen (secondary N) is 1. The van der Waals surface area contributed by atoms with Crippen molar-refractivity contribution >= 4 is 17.6 Å². The Morgan fingerprint density at radius 3 is 3.19 bits per heavy atom. The molecule has 1 saturated heterocycles. The molecule has 0 spiro atoms. The fourth-order valence-corrected chi connectivity index (χ4v) is 1.64. The van der Waals surface area contributed by atoms with Crippen LogP contribution in [0, 0.1) is 0 Å². The average molecular weight is 242 g/mol. The standard InChI is InChI=1S/C10H12ClN3O2/c11-9-8(2-1-3-12-9)16-7-6-14-5-4-13-10(14)15/h1-3H,4-7H2,(H,13,15). The van der Waals surface area contributed by atoms with Gasteiger partial charge >= 0.3 is 6.03 Å². The maximum atomic E-state index is 11.2. The predicted octanol–water partition coefficient (Wildman–Crippen LogP) is 1.14. The van der Waals surface area contributed by atoms with Gasteiger partial charge in [-0.1, -0.05) is 11.6 Å². The summed E-state index contributed by atoms with van der Waals surface area (Å²) in [5.41, 5.74) is 0. The molecule has 1 N–H and O–H groups in total. The molecule has 6 heteroatoms. The molecule has 2 heterocycles. The Labute approximate surface area is 98.4 Å². The van der Waals surface area contributed by atoms with Crippen molar-refractivity contribution in [3.8, 4) is 5.75 Å². The third-order valence-corrected chi connectivity index (χ3v) is 2.57. The molecule has 0 radical (unpaired) electrons. The van der Waals surface area contributed by atoms with E-state index in [0.29, 0.717) is 30.6 Å². The van der Waals surface area contributed by atoms with Crippen molar-refractivity contribution in [2.75, 3.05) is 26.2 Å². The van der Waals surface area contributed by atoms with Gasteiger partial charge in [0.05, 0.1) is 6.54 Å². The molecule has 1 fully saturated rings. The molecule has 86 valence electrons. The van der Waals surface area contributed by atoms with Crippen molar-refractivity contribution in [1.82, 2.24) is 15.2 Å².